The lowest BCUT2D eigenvalue weighted by molar-refractivity contribution is 0.0287. The number of fused-ring (bicyclic) bond motifs is 2. The van der Waals surface area contributed by atoms with Crippen molar-refractivity contribution in [1.82, 2.24) is 4.90 Å². The second-order valence-corrected chi connectivity index (χ2v) is 5.09. The number of carbonyl (C=O) groups is 1. The number of hydrogen-bond acceptors (Lipinski definition) is 2. The maximum Gasteiger partial charge on any atom is 0.254 e. The number of nitrogens with zero attached hydrogens (tertiary/aromatic N) is 1. The number of hydrogen-bond donors (Lipinski definition) is 1. The summed E-state index contributed by atoms with van der Waals surface area (Å²) in [5.74, 6) is 0.130. The molecule has 2 saturated heterocycles. The maximum atomic E-state index is 12.4. The van der Waals surface area contributed by atoms with Gasteiger partial charge in [0.2, 0.25) is 0 Å². The van der Waals surface area contributed by atoms with Crippen LogP contribution in [0.3, 0.4) is 0 Å². The molecule has 17 heavy (non-hydrogen) atoms. The zero-order chi connectivity index (χ0) is 11.8. The quantitative estimate of drug-likeness (QED) is 0.800. The molecule has 0 spiro atoms. The van der Waals surface area contributed by atoms with Crippen molar-refractivity contribution in [1.29, 1.82) is 0 Å². The Labute approximate surface area is 101 Å². The van der Waals surface area contributed by atoms with E-state index in [1.807, 2.05) is 35.2 Å². The van der Waals surface area contributed by atoms with Crippen LogP contribution in [0.4, 0.5) is 0 Å². The van der Waals surface area contributed by atoms with Crippen molar-refractivity contribution in [2.24, 2.45) is 0 Å². The molecular formula is C14H17NO2. The van der Waals surface area contributed by atoms with Gasteiger partial charge in [0, 0.05) is 17.6 Å². The average Bonchev–Trinajstić information content (AvgIpc) is 2.62. The monoisotopic (exact) mass is 231 g/mol. The van der Waals surface area contributed by atoms with Crippen LogP contribution in [0.2, 0.25) is 0 Å². The molecule has 3 heteroatoms. The lowest BCUT2D eigenvalue weighted by Gasteiger charge is -2.37. The normalized spacial score (nSPS) is 31.6. The molecule has 0 saturated carbocycles. The number of piperidine rings is 1. The number of carbonyl (C=O) groups excluding carboxylic acids is 1. The lowest BCUT2D eigenvalue weighted by Crippen LogP contribution is -2.47. The van der Waals surface area contributed by atoms with Crippen molar-refractivity contribution in [2.75, 3.05) is 0 Å². The molecule has 2 aliphatic heterocycles. The minimum atomic E-state index is -0.215. The molecule has 2 aliphatic rings. The maximum absolute atomic E-state index is 12.4. The molecule has 3 atom stereocenters. The van der Waals surface area contributed by atoms with Crippen LogP contribution in [0.25, 0.3) is 0 Å². The van der Waals surface area contributed by atoms with Crippen molar-refractivity contribution in [2.45, 2.75) is 43.9 Å². The third kappa shape index (κ3) is 1.84. The van der Waals surface area contributed by atoms with E-state index in [0.717, 1.165) is 31.2 Å². The van der Waals surface area contributed by atoms with E-state index >= 15 is 0 Å². The summed E-state index contributed by atoms with van der Waals surface area (Å²) in [5, 5.41) is 9.72. The Balaban J connectivity index is 1.84. The van der Waals surface area contributed by atoms with Crippen molar-refractivity contribution in [3.05, 3.63) is 35.9 Å². The molecule has 1 N–H and O–H groups in total. The molecule has 3 rings (SSSR count). The van der Waals surface area contributed by atoms with Gasteiger partial charge >= 0.3 is 0 Å². The summed E-state index contributed by atoms with van der Waals surface area (Å²) in [7, 11) is 0. The average molecular weight is 231 g/mol. The second kappa shape index (κ2) is 4.15. The molecule has 2 fully saturated rings. The van der Waals surface area contributed by atoms with E-state index in [2.05, 4.69) is 0 Å². The van der Waals surface area contributed by atoms with Crippen molar-refractivity contribution < 1.29 is 9.90 Å². The number of aliphatic hydroxyl groups excluding tert-OH is 1. The Morgan fingerprint density at radius 2 is 1.71 bits per heavy atom. The summed E-state index contributed by atoms with van der Waals surface area (Å²) in [6.45, 7) is 0. The Bertz CT molecular complexity index is 403. The first-order valence-corrected chi connectivity index (χ1v) is 6.31. The fourth-order valence-corrected chi connectivity index (χ4v) is 3.21. The van der Waals surface area contributed by atoms with Crippen molar-refractivity contribution in [3.63, 3.8) is 0 Å². The summed E-state index contributed by atoms with van der Waals surface area (Å²) in [6.07, 6.45) is 3.36. The summed E-state index contributed by atoms with van der Waals surface area (Å²) in [4.78, 5) is 14.4. The summed E-state index contributed by atoms with van der Waals surface area (Å²) in [5.41, 5.74) is 0.765. The Hall–Kier alpha value is -1.35. The first-order chi connectivity index (χ1) is 8.25. The van der Waals surface area contributed by atoms with Crippen molar-refractivity contribution >= 4 is 5.91 Å². The van der Waals surface area contributed by atoms with E-state index in [1.54, 1.807) is 0 Å². The third-order valence-corrected chi connectivity index (χ3v) is 3.96. The smallest absolute Gasteiger partial charge is 0.254 e. The largest absolute Gasteiger partial charge is 0.393 e. The van der Waals surface area contributed by atoms with Crippen LogP contribution in [-0.4, -0.2) is 34.1 Å². The van der Waals surface area contributed by atoms with Crippen LogP contribution < -0.4 is 0 Å². The van der Waals surface area contributed by atoms with Crippen molar-refractivity contribution in [3.8, 4) is 0 Å². The summed E-state index contributed by atoms with van der Waals surface area (Å²) < 4.78 is 0. The Morgan fingerprint density at radius 3 is 2.29 bits per heavy atom. The lowest BCUT2D eigenvalue weighted by atomic mass is 9.99. The third-order valence-electron chi connectivity index (χ3n) is 3.96. The molecule has 1 aromatic rings. The van der Waals surface area contributed by atoms with E-state index in [0.29, 0.717) is 0 Å². The summed E-state index contributed by atoms with van der Waals surface area (Å²) in [6, 6.07) is 9.94. The first-order valence-electron chi connectivity index (χ1n) is 6.31. The van der Waals surface area contributed by atoms with Gasteiger partial charge in [0.1, 0.15) is 0 Å². The van der Waals surface area contributed by atoms with Gasteiger partial charge in [-0.1, -0.05) is 18.2 Å². The highest BCUT2D eigenvalue weighted by atomic mass is 16.3. The molecule has 2 heterocycles. The fourth-order valence-electron chi connectivity index (χ4n) is 3.21. The predicted octanol–water partition coefficient (Wildman–Crippen LogP) is 1.81. The Morgan fingerprint density at radius 1 is 1.12 bits per heavy atom. The molecule has 3 nitrogen and oxygen atoms in total. The van der Waals surface area contributed by atoms with Gasteiger partial charge in [-0.05, 0) is 37.8 Å². The van der Waals surface area contributed by atoms with Crippen LogP contribution in [-0.2, 0) is 0 Å². The van der Waals surface area contributed by atoms with Gasteiger partial charge in [0.15, 0.2) is 0 Å². The molecule has 2 bridgehead atoms. The van der Waals surface area contributed by atoms with Crippen LogP contribution in [0, 0.1) is 0 Å². The highest BCUT2D eigenvalue weighted by molar-refractivity contribution is 5.94. The number of amides is 1. The van der Waals surface area contributed by atoms with E-state index < -0.39 is 0 Å². The SMILES string of the molecule is O=C(c1ccccc1)N1[C@@H]2CC[C@H]1CC(O)C2. The fraction of sp³-hybridized carbons (Fsp3) is 0.500. The number of aliphatic hydroxyl groups is 1. The first kappa shape index (κ1) is 10.8. The highest BCUT2D eigenvalue weighted by Gasteiger charge is 2.42. The van der Waals surface area contributed by atoms with E-state index in [9.17, 15) is 9.90 Å². The van der Waals surface area contributed by atoms with Crippen LogP contribution in [0.1, 0.15) is 36.0 Å². The molecule has 90 valence electrons. The molecular weight excluding hydrogens is 214 g/mol. The highest BCUT2D eigenvalue weighted by Crippen LogP contribution is 2.36. The molecule has 1 unspecified atom stereocenters. The molecule has 1 aromatic carbocycles. The van der Waals surface area contributed by atoms with Gasteiger partial charge < -0.3 is 10.0 Å². The molecule has 0 aromatic heterocycles. The summed E-state index contributed by atoms with van der Waals surface area (Å²) >= 11 is 0. The van der Waals surface area contributed by atoms with E-state index in [1.165, 1.54) is 0 Å². The standard InChI is InChI=1S/C14H17NO2/c16-13-8-11-6-7-12(9-13)15(11)14(17)10-4-2-1-3-5-10/h1-5,11-13,16H,6-9H2/t11-,12+,13?. The second-order valence-electron chi connectivity index (χ2n) is 5.09. The zero-order valence-corrected chi connectivity index (χ0v) is 9.75. The molecule has 0 radical (unpaired) electrons. The van der Waals surface area contributed by atoms with Gasteiger partial charge in [-0.25, -0.2) is 0 Å². The van der Waals surface area contributed by atoms with Gasteiger partial charge in [-0.3, -0.25) is 4.79 Å². The van der Waals surface area contributed by atoms with Gasteiger partial charge in [-0.15, -0.1) is 0 Å². The minimum Gasteiger partial charge on any atom is -0.393 e. The van der Waals surface area contributed by atoms with E-state index in [4.69, 9.17) is 0 Å². The van der Waals surface area contributed by atoms with Gasteiger partial charge in [-0.2, -0.15) is 0 Å². The van der Waals surface area contributed by atoms with Crippen LogP contribution in [0.15, 0.2) is 30.3 Å². The van der Waals surface area contributed by atoms with Crippen LogP contribution >= 0.6 is 0 Å². The number of rotatable bonds is 1. The van der Waals surface area contributed by atoms with Gasteiger partial charge in [0.25, 0.3) is 5.91 Å². The van der Waals surface area contributed by atoms with E-state index in [-0.39, 0.29) is 24.1 Å². The van der Waals surface area contributed by atoms with Gasteiger partial charge in [0.05, 0.1) is 6.10 Å². The topological polar surface area (TPSA) is 40.5 Å². The molecule has 0 aliphatic carbocycles. The van der Waals surface area contributed by atoms with Crippen LogP contribution in [0.5, 0.6) is 0 Å². The zero-order valence-electron chi connectivity index (χ0n) is 9.75. The Kier molecular flexibility index (Phi) is 2.63. The number of benzene rings is 1. The predicted molar refractivity (Wildman–Crippen MR) is 64.7 cm³/mol. The minimum absolute atomic E-state index is 0.130. The molecule has 1 amide bonds.